The fourth-order valence-electron chi connectivity index (χ4n) is 2.14. The highest BCUT2D eigenvalue weighted by Crippen LogP contribution is 2.27. The molecule has 1 heterocycles. The molecule has 0 aliphatic heterocycles. The van der Waals surface area contributed by atoms with Crippen LogP contribution in [0.25, 0.3) is 0 Å². The molecule has 0 atom stereocenters. The van der Waals surface area contributed by atoms with Gasteiger partial charge in [0.1, 0.15) is 5.75 Å². The molecule has 1 aromatic heterocycles. The third kappa shape index (κ3) is 6.73. The zero-order valence-electron chi connectivity index (χ0n) is 14.2. The van der Waals surface area contributed by atoms with Crippen LogP contribution in [0.5, 0.6) is 5.75 Å². The van der Waals surface area contributed by atoms with E-state index in [1.165, 1.54) is 12.1 Å². The van der Waals surface area contributed by atoms with Crippen LogP contribution in [0.2, 0.25) is 0 Å². The Bertz CT molecular complexity index is 928. The van der Waals surface area contributed by atoms with Crippen LogP contribution < -0.4 is 14.8 Å². The third-order valence-corrected chi connectivity index (χ3v) is 4.19. The number of para-hydroxylation sites is 1. The van der Waals surface area contributed by atoms with Gasteiger partial charge in [0.05, 0.1) is 5.75 Å². The van der Waals surface area contributed by atoms with Crippen LogP contribution in [0.1, 0.15) is 17.0 Å². The number of nitrogens with zero attached hydrogens (tertiary/aromatic N) is 2. The van der Waals surface area contributed by atoms with Gasteiger partial charge in [0.2, 0.25) is 16.0 Å². The summed E-state index contributed by atoms with van der Waals surface area (Å²) in [7, 11) is -4.32. The van der Waals surface area contributed by atoms with Crippen molar-refractivity contribution in [2.75, 3.05) is 5.32 Å². The maximum absolute atomic E-state index is 12.4. The van der Waals surface area contributed by atoms with E-state index in [-0.39, 0.29) is 11.5 Å². The van der Waals surface area contributed by atoms with E-state index in [0.717, 1.165) is 12.1 Å². The molecule has 0 saturated heterocycles. The van der Waals surface area contributed by atoms with E-state index < -0.39 is 33.9 Å². The molecule has 2 rings (SSSR count). The number of hydrogen-bond donors (Lipinski definition) is 2. The molecule has 0 aliphatic carbocycles. The molecule has 146 valence electrons. The molecule has 2 amide bonds. The largest absolute Gasteiger partial charge is 0.573 e. The summed E-state index contributed by atoms with van der Waals surface area (Å²) < 4.78 is 66.9. The summed E-state index contributed by atoms with van der Waals surface area (Å²) in [5, 5.41) is 2.16. The average molecular weight is 404 g/mol. The number of urea groups is 1. The molecule has 27 heavy (non-hydrogen) atoms. The molecule has 0 bridgehead atoms. The van der Waals surface area contributed by atoms with Gasteiger partial charge in [0.15, 0.2) is 0 Å². The first-order valence-electron chi connectivity index (χ1n) is 7.41. The molecule has 2 N–H and O–H groups in total. The second-order valence-electron chi connectivity index (χ2n) is 5.45. The van der Waals surface area contributed by atoms with Crippen molar-refractivity contribution in [2.45, 2.75) is 26.0 Å². The lowest BCUT2D eigenvalue weighted by Crippen LogP contribution is -2.35. The van der Waals surface area contributed by atoms with Gasteiger partial charge in [-0.2, -0.15) is 0 Å². The fraction of sp³-hybridized carbons (Fsp3) is 0.267. The monoisotopic (exact) mass is 404 g/mol. The lowest BCUT2D eigenvalue weighted by molar-refractivity contribution is -0.274. The molecule has 12 heteroatoms. The van der Waals surface area contributed by atoms with Gasteiger partial charge in [-0.15, -0.1) is 13.2 Å². The minimum absolute atomic E-state index is 0.110. The number of carbonyl (C=O) groups excluding carboxylic acids is 1. The maximum atomic E-state index is 12.4. The number of aryl methyl sites for hydroxylation is 2. The molecular formula is C15H15F3N4O4S. The third-order valence-electron chi connectivity index (χ3n) is 3.00. The van der Waals surface area contributed by atoms with Crippen molar-refractivity contribution in [1.82, 2.24) is 14.7 Å². The van der Waals surface area contributed by atoms with Gasteiger partial charge >= 0.3 is 12.4 Å². The molecular weight excluding hydrogens is 389 g/mol. The van der Waals surface area contributed by atoms with E-state index in [1.807, 2.05) is 0 Å². The molecule has 0 fully saturated rings. The van der Waals surface area contributed by atoms with Crippen molar-refractivity contribution < 1.29 is 31.1 Å². The number of aromatic nitrogens is 2. The van der Waals surface area contributed by atoms with E-state index >= 15 is 0 Å². The van der Waals surface area contributed by atoms with Gasteiger partial charge in [-0.1, -0.05) is 18.2 Å². The van der Waals surface area contributed by atoms with Gasteiger partial charge in [-0.25, -0.2) is 27.9 Å². The maximum Gasteiger partial charge on any atom is 0.573 e. The zero-order valence-corrected chi connectivity index (χ0v) is 15.0. The smallest absolute Gasteiger partial charge is 0.405 e. The summed E-state index contributed by atoms with van der Waals surface area (Å²) in [5.74, 6) is -1.69. The van der Waals surface area contributed by atoms with Crippen molar-refractivity contribution in [2.24, 2.45) is 0 Å². The number of anilines is 1. The van der Waals surface area contributed by atoms with Crippen LogP contribution in [0.3, 0.4) is 0 Å². The molecule has 1 aromatic carbocycles. The number of ether oxygens (including phenoxy) is 1. The van der Waals surface area contributed by atoms with Crippen molar-refractivity contribution in [3.05, 3.63) is 47.3 Å². The van der Waals surface area contributed by atoms with Crippen molar-refractivity contribution >= 4 is 22.0 Å². The highest BCUT2D eigenvalue weighted by molar-refractivity contribution is 7.89. The fourth-order valence-corrected chi connectivity index (χ4v) is 3.19. The predicted octanol–water partition coefficient (Wildman–Crippen LogP) is 2.64. The Kier molecular flexibility index (Phi) is 5.88. The van der Waals surface area contributed by atoms with Crippen LogP contribution in [-0.4, -0.2) is 30.8 Å². The highest BCUT2D eigenvalue weighted by Gasteiger charge is 2.32. The zero-order chi connectivity index (χ0) is 20.2. The summed E-state index contributed by atoms with van der Waals surface area (Å²) >= 11 is 0. The first kappa shape index (κ1) is 20.4. The Morgan fingerprint density at radius 1 is 1.15 bits per heavy atom. The van der Waals surface area contributed by atoms with E-state index in [9.17, 15) is 26.4 Å². The van der Waals surface area contributed by atoms with Crippen LogP contribution >= 0.6 is 0 Å². The summed E-state index contributed by atoms with van der Waals surface area (Å²) in [6.07, 6.45) is -4.98. The van der Waals surface area contributed by atoms with Crippen molar-refractivity contribution in [3.63, 3.8) is 0 Å². The molecule has 2 aromatic rings. The normalized spacial score (nSPS) is 11.7. The van der Waals surface area contributed by atoms with Gasteiger partial charge in [0, 0.05) is 17.0 Å². The summed E-state index contributed by atoms with van der Waals surface area (Å²) in [6.45, 7) is 3.32. The number of nitrogens with one attached hydrogen (secondary N) is 2. The van der Waals surface area contributed by atoms with Crippen molar-refractivity contribution in [1.29, 1.82) is 0 Å². The summed E-state index contributed by atoms with van der Waals surface area (Å²) in [6, 6.07) is 5.23. The highest BCUT2D eigenvalue weighted by atomic mass is 32.2. The number of hydrogen-bond acceptors (Lipinski definition) is 6. The van der Waals surface area contributed by atoms with E-state index in [0.29, 0.717) is 11.4 Å². The minimum Gasteiger partial charge on any atom is -0.405 e. The van der Waals surface area contributed by atoms with Crippen LogP contribution in [0.15, 0.2) is 30.3 Å². The lowest BCUT2D eigenvalue weighted by Gasteiger charge is -2.13. The van der Waals surface area contributed by atoms with Gasteiger partial charge in [0.25, 0.3) is 0 Å². The molecule has 0 radical (unpaired) electrons. The van der Waals surface area contributed by atoms with Crippen LogP contribution in [0, 0.1) is 13.8 Å². The Morgan fingerprint density at radius 3 is 2.33 bits per heavy atom. The van der Waals surface area contributed by atoms with Crippen molar-refractivity contribution in [3.8, 4) is 5.75 Å². The molecule has 0 saturated carbocycles. The molecule has 0 unspecified atom stereocenters. The first-order valence-corrected chi connectivity index (χ1v) is 9.06. The number of sulfonamides is 1. The molecule has 0 spiro atoms. The first-order chi connectivity index (χ1) is 12.4. The topological polar surface area (TPSA) is 110 Å². The Morgan fingerprint density at radius 2 is 1.74 bits per heavy atom. The lowest BCUT2D eigenvalue weighted by atomic mass is 10.2. The van der Waals surface area contributed by atoms with E-state index in [1.54, 1.807) is 24.6 Å². The number of halogens is 3. The predicted molar refractivity (Wildman–Crippen MR) is 89.4 cm³/mol. The number of alkyl halides is 3. The molecule has 0 aliphatic rings. The number of benzene rings is 1. The number of rotatable bonds is 5. The SMILES string of the molecule is Cc1cc(C)nc(NC(=O)NS(=O)(=O)Cc2ccccc2OC(F)(F)F)n1. The van der Waals surface area contributed by atoms with Crippen LogP contribution in [-0.2, 0) is 15.8 Å². The Hall–Kier alpha value is -2.89. The van der Waals surface area contributed by atoms with Gasteiger partial charge in [-0.3, -0.25) is 5.32 Å². The minimum atomic E-state index is -4.98. The van der Waals surface area contributed by atoms with E-state index in [4.69, 9.17) is 0 Å². The summed E-state index contributed by atoms with van der Waals surface area (Å²) in [5.41, 5.74) is 0.843. The standard InChI is InChI=1S/C15H15F3N4O4S/c1-9-7-10(2)20-13(19-9)21-14(23)22-27(24,25)8-11-5-3-4-6-12(11)26-15(16,17)18/h3-7H,8H2,1-2H3,(H2,19,20,21,22,23). The van der Waals surface area contributed by atoms with E-state index in [2.05, 4.69) is 20.0 Å². The second kappa shape index (κ2) is 7.78. The average Bonchev–Trinajstić information content (AvgIpc) is 2.45. The van der Waals surface area contributed by atoms with Gasteiger partial charge in [-0.05, 0) is 26.0 Å². The number of carbonyl (C=O) groups is 1. The quantitative estimate of drug-likeness (QED) is 0.793. The van der Waals surface area contributed by atoms with Gasteiger partial charge < -0.3 is 4.74 Å². The molecule has 8 nitrogen and oxygen atoms in total. The Balaban J connectivity index is 2.10. The number of amides is 2. The Labute approximate surface area is 152 Å². The summed E-state index contributed by atoms with van der Waals surface area (Å²) in [4.78, 5) is 19.7. The van der Waals surface area contributed by atoms with Crippen LogP contribution in [0.4, 0.5) is 23.9 Å². The second-order valence-corrected chi connectivity index (χ2v) is 7.17.